The molecule has 0 spiro atoms. The van der Waals surface area contributed by atoms with E-state index in [9.17, 15) is 18.0 Å². The molecule has 0 atom stereocenters. The number of benzene rings is 1. The predicted octanol–water partition coefficient (Wildman–Crippen LogP) is 1.94. The zero-order valence-electron chi connectivity index (χ0n) is 11.3. The van der Waals surface area contributed by atoms with Crippen molar-refractivity contribution in [3.8, 4) is 5.75 Å². The molecule has 0 unspecified atom stereocenters. The number of halogens is 3. The summed E-state index contributed by atoms with van der Waals surface area (Å²) in [5, 5.41) is 2.53. The standard InChI is InChI=1S/C13H17F3N2O2/c1-12(2,17)8-18-11(19)7-20-10-5-3-4-9(6-10)13(14,15)16/h3-6H,7-8,17H2,1-2H3,(H,18,19). The topological polar surface area (TPSA) is 64.3 Å². The molecule has 112 valence electrons. The second-order valence-electron chi connectivity index (χ2n) is 5.08. The van der Waals surface area contributed by atoms with E-state index in [2.05, 4.69) is 5.32 Å². The number of ether oxygens (including phenoxy) is 1. The lowest BCUT2D eigenvalue weighted by molar-refractivity contribution is -0.137. The molecule has 1 rings (SSSR count). The van der Waals surface area contributed by atoms with Crippen LogP contribution < -0.4 is 15.8 Å². The van der Waals surface area contributed by atoms with Crippen molar-refractivity contribution in [2.75, 3.05) is 13.2 Å². The second kappa shape index (κ2) is 6.13. The Morgan fingerprint density at radius 1 is 1.35 bits per heavy atom. The molecule has 4 nitrogen and oxygen atoms in total. The molecule has 1 aromatic carbocycles. The summed E-state index contributed by atoms with van der Waals surface area (Å²) >= 11 is 0. The van der Waals surface area contributed by atoms with Crippen molar-refractivity contribution in [1.82, 2.24) is 5.32 Å². The normalized spacial score (nSPS) is 12.1. The van der Waals surface area contributed by atoms with Crippen LogP contribution >= 0.6 is 0 Å². The Hall–Kier alpha value is -1.76. The quantitative estimate of drug-likeness (QED) is 0.871. The van der Waals surface area contributed by atoms with Gasteiger partial charge in [0.25, 0.3) is 5.91 Å². The Morgan fingerprint density at radius 2 is 2.00 bits per heavy atom. The highest BCUT2D eigenvalue weighted by atomic mass is 19.4. The Labute approximate surface area is 115 Å². The highest BCUT2D eigenvalue weighted by Crippen LogP contribution is 2.31. The molecule has 0 heterocycles. The van der Waals surface area contributed by atoms with Crippen LogP contribution in [-0.4, -0.2) is 24.6 Å². The van der Waals surface area contributed by atoms with Gasteiger partial charge in [0.1, 0.15) is 5.75 Å². The Kier molecular flexibility index (Phi) is 4.99. The van der Waals surface area contributed by atoms with Gasteiger partial charge in [-0.05, 0) is 32.0 Å². The molecule has 0 radical (unpaired) electrons. The largest absolute Gasteiger partial charge is 0.484 e. The fraction of sp³-hybridized carbons (Fsp3) is 0.462. The first-order valence-electron chi connectivity index (χ1n) is 5.93. The molecule has 0 saturated carbocycles. The zero-order valence-corrected chi connectivity index (χ0v) is 11.3. The van der Waals surface area contributed by atoms with Crippen LogP contribution in [0.2, 0.25) is 0 Å². The van der Waals surface area contributed by atoms with Crippen LogP contribution in [0.1, 0.15) is 19.4 Å². The minimum absolute atomic E-state index is 0.0121. The number of carbonyl (C=O) groups is 1. The smallest absolute Gasteiger partial charge is 0.416 e. The first-order valence-corrected chi connectivity index (χ1v) is 5.93. The maximum atomic E-state index is 12.5. The van der Waals surface area contributed by atoms with E-state index in [0.29, 0.717) is 0 Å². The number of carbonyl (C=O) groups excluding carboxylic acids is 1. The van der Waals surface area contributed by atoms with Gasteiger partial charge in [0.05, 0.1) is 5.56 Å². The van der Waals surface area contributed by atoms with Gasteiger partial charge in [0, 0.05) is 12.1 Å². The number of rotatable bonds is 5. The number of nitrogens with one attached hydrogen (secondary N) is 1. The molecular formula is C13H17F3N2O2. The number of hydrogen-bond donors (Lipinski definition) is 2. The zero-order chi connectivity index (χ0) is 15.4. The molecule has 0 saturated heterocycles. The number of amides is 1. The summed E-state index contributed by atoms with van der Waals surface area (Å²) in [5.74, 6) is -0.456. The fourth-order valence-corrected chi connectivity index (χ4v) is 1.29. The van der Waals surface area contributed by atoms with Crippen molar-refractivity contribution >= 4 is 5.91 Å². The third kappa shape index (κ3) is 5.92. The van der Waals surface area contributed by atoms with Crippen LogP contribution in [0, 0.1) is 0 Å². The summed E-state index contributed by atoms with van der Waals surface area (Å²) in [5.41, 5.74) is 4.29. The molecule has 0 fully saturated rings. The van der Waals surface area contributed by atoms with Gasteiger partial charge < -0.3 is 15.8 Å². The van der Waals surface area contributed by atoms with E-state index >= 15 is 0 Å². The monoisotopic (exact) mass is 290 g/mol. The van der Waals surface area contributed by atoms with Gasteiger partial charge in [0.15, 0.2) is 6.61 Å². The number of alkyl halides is 3. The second-order valence-corrected chi connectivity index (χ2v) is 5.08. The van der Waals surface area contributed by atoms with E-state index in [1.54, 1.807) is 13.8 Å². The van der Waals surface area contributed by atoms with E-state index in [4.69, 9.17) is 10.5 Å². The van der Waals surface area contributed by atoms with E-state index in [1.165, 1.54) is 12.1 Å². The van der Waals surface area contributed by atoms with Crippen LogP contribution in [0.4, 0.5) is 13.2 Å². The van der Waals surface area contributed by atoms with E-state index in [-0.39, 0.29) is 18.9 Å². The van der Waals surface area contributed by atoms with Crippen molar-refractivity contribution < 1.29 is 22.7 Å². The van der Waals surface area contributed by atoms with Crippen molar-refractivity contribution in [2.24, 2.45) is 5.73 Å². The summed E-state index contributed by atoms with van der Waals surface area (Å²) in [6.45, 7) is 3.36. The van der Waals surface area contributed by atoms with E-state index in [0.717, 1.165) is 12.1 Å². The molecule has 1 aromatic rings. The predicted molar refractivity (Wildman–Crippen MR) is 68.2 cm³/mol. The van der Waals surface area contributed by atoms with Crippen molar-refractivity contribution in [2.45, 2.75) is 25.6 Å². The molecule has 0 aliphatic carbocycles. The Balaban J connectivity index is 2.52. The van der Waals surface area contributed by atoms with Gasteiger partial charge in [-0.15, -0.1) is 0 Å². The first-order chi connectivity index (χ1) is 9.08. The van der Waals surface area contributed by atoms with Crippen LogP contribution in [-0.2, 0) is 11.0 Å². The molecule has 3 N–H and O–H groups in total. The van der Waals surface area contributed by atoms with Crippen LogP contribution in [0.25, 0.3) is 0 Å². The van der Waals surface area contributed by atoms with Gasteiger partial charge >= 0.3 is 6.18 Å². The van der Waals surface area contributed by atoms with Crippen molar-refractivity contribution in [3.05, 3.63) is 29.8 Å². The highest BCUT2D eigenvalue weighted by molar-refractivity contribution is 5.77. The molecular weight excluding hydrogens is 273 g/mol. The Bertz CT molecular complexity index is 467. The Morgan fingerprint density at radius 3 is 2.55 bits per heavy atom. The molecule has 0 aliphatic rings. The fourth-order valence-electron chi connectivity index (χ4n) is 1.29. The van der Waals surface area contributed by atoms with Gasteiger partial charge in [0.2, 0.25) is 0 Å². The lowest BCUT2D eigenvalue weighted by Gasteiger charge is -2.19. The van der Waals surface area contributed by atoms with Gasteiger partial charge in [-0.25, -0.2) is 0 Å². The van der Waals surface area contributed by atoms with Gasteiger partial charge in [-0.2, -0.15) is 13.2 Å². The highest BCUT2D eigenvalue weighted by Gasteiger charge is 2.30. The lowest BCUT2D eigenvalue weighted by Crippen LogP contribution is -2.46. The van der Waals surface area contributed by atoms with Crippen molar-refractivity contribution in [1.29, 1.82) is 0 Å². The summed E-state index contributed by atoms with van der Waals surface area (Å²) in [6, 6.07) is 4.36. The van der Waals surface area contributed by atoms with Crippen molar-refractivity contribution in [3.63, 3.8) is 0 Å². The molecule has 0 aliphatic heterocycles. The summed E-state index contributed by atoms with van der Waals surface area (Å²) in [6.07, 6.45) is -4.44. The lowest BCUT2D eigenvalue weighted by atomic mass is 10.1. The van der Waals surface area contributed by atoms with E-state index in [1.807, 2.05) is 0 Å². The molecule has 0 bridgehead atoms. The average Bonchev–Trinajstić information content (AvgIpc) is 2.32. The van der Waals surface area contributed by atoms with Crippen LogP contribution in [0.5, 0.6) is 5.75 Å². The van der Waals surface area contributed by atoms with E-state index < -0.39 is 23.2 Å². The molecule has 20 heavy (non-hydrogen) atoms. The average molecular weight is 290 g/mol. The van der Waals surface area contributed by atoms with Crippen LogP contribution in [0.3, 0.4) is 0 Å². The first kappa shape index (κ1) is 16.3. The summed E-state index contributed by atoms with van der Waals surface area (Å²) in [7, 11) is 0. The maximum absolute atomic E-state index is 12.5. The summed E-state index contributed by atoms with van der Waals surface area (Å²) < 4.78 is 42.4. The van der Waals surface area contributed by atoms with Gasteiger partial charge in [-0.1, -0.05) is 6.07 Å². The molecule has 0 aromatic heterocycles. The van der Waals surface area contributed by atoms with Crippen LogP contribution in [0.15, 0.2) is 24.3 Å². The third-order valence-electron chi connectivity index (χ3n) is 2.27. The molecule has 1 amide bonds. The number of hydrogen-bond acceptors (Lipinski definition) is 3. The van der Waals surface area contributed by atoms with Gasteiger partial charge in [-0.3, -0.25) is 4.79 Å². The maximum Gasteiger partial charge on any atom is 0.416 e. The third-order valence-corrected chi connectivity index (χ3v) is 2.27. The number of nitrogens with two attached hydrogens (primary N) is 1. The molecule has 7 heteroatoms. The minimum atomic E-state index is -4.44. The SMILES string of the molecule is CC(C)(N)CNC(=O)COc1cccc(C(F)(F)F)c1. The minimum Gasteiger partial charge on any atom is -0.484 e. The summed E-state index contributed by atoms with van der Waals surface area (Å²) in [4.78, 5) is 11.4.